The number of amides is 1. The van der Waals surface area contributed by atoms with Gasteiger partial charge in [-0.05, 0) is 12.1 Å². The second kappa shape index (κ2) is 7.39. The van der Waals surface area contributed by atoms with Gasteiger partial charge in [0.2, 0.25) is 5.91 Å². The molecule has 2 N–H and O–H groups in total. The van der Waals surface area contributed by atoms with Gasteiger partial charge in [-0.3, -0.25) is 14.0 Å². The van der Waals surface area contributed by atoms with E-state index >= 15 is 0 Å². The molecule has 4 rings (SSSR count). The Morgan fingerprint density at radius 2 is 2.21 bits per heavy atom. The summed E-state index contributed by atoms with van der Waals surface area (Å²) >= 11 is 0. The zero-order valence-corrected chi connectivity index (χ0v) is 15.6. The summed E-state index contributed by atoms with van der Waals surface area (Å²) in [6.07, 6.45) is 3.29. The highest BCUT2D eigenvalue weighted by Crippen LogP contribution is 2.23. The van der Waals surface area contributed by atoms with E-state index in [1.54, 1.807) is 29.1 Å². The average molecular weight is 383 g/mol. The van der Waals surface area contributed by atoms with Gasteiger partial charge in [-0.2, -0.15) is 5.10 Å². The van der Waals surface area contributed by atoms with Crippen molar-refractivity contribution >= 4 is 17.2 Å². The fourth-order valence-corrected chi connectivity index (χ4v) is 2.86. The van der Waals surface area contributed by atoms with Crippen LogP contribution in [0.15, 0.2) is 35.5 Å². The van der Waals surface area contributed by atoms with Crippen LogP contribution in [-0.2, 0) is 11.3 Å². The van der Waals surface area contributed by atoms with Gasteiger partial charge in [-0.15, -0.1) is 10.2 Å². The number of nitrogens with zero attached hydrogens (tertiary/aromatic N) is 5. The first-order chi connectivity index (χ1) is 13.5. The van der Waals surface area contributed by atoms with Gasteiger partial charge in [0.05, 0.1) is 5.69 Å². The van der Waals surface area contributed by atoms with E-state index in [1.165, 1.54) is 6.07 Å². The molecule has 1 aliphatic rings. The van der Waals surface area contributed by atoms with Crippen molar-refractivity contribution in [1.82, 2.24) is 29.7 Å². The van der Waals surface area contributed by atoms with Gasteiger partial charge in [-0.1, -0.05) is 13.8 Å². The second-order valence-corrected chi connectivity index (χ2v) is 7.00. The summed E-state index contributed by atoms with van der Waals surface area (Å²) in [5.41, 5.74) is 1.53. The molecule has 1 aliphatic heterocycles. The molecule has 3 aromatic heterocycles. The van der Waals surface area contributed by atoms with Crippen molar-refractivity contribution < 1.29 is 9.53 Å². The molecule has 1 amide bonds. The Morgan fingerprint density at radius 1 is 1.39 bits per heavy atom. The van der Waals surface area contributed by atoms with Gasteiger partial charge in [0.25, 0.3) is 5.56 Å². The zero-order valence-electron chi connectivity index (χ0n) is 15.6. The molecular formula is C18H21N7O3. The maximum atomic E-state index is 12.4. The van der Waals surface area contributed by atoms with Crippen molar-refractivity contribution in [2.75, 3.05) is 18.4 Å². The largest absolute Gasteiger partial charge is 0.486 e. The van der Waals surface area contributed by atoms with E-state index < -0.39 is 0 Å². The molecule has 0 aliphatic carbocycles. The number of hydrogen-bond acceptors (Lipinski definition) is 7. The van der Waals surface area contributed by atoms with Crippen molar-refractivity contribution in [2.45, 2.75) is 32.4 Å². The number of aromatic nitrogens is 5. The fraction of sp³-hybridized carbons (Fsp3) is 0.389. The molecule has 28 heavy (non-hydrogen) atoms. The molecule has 4 heterocycles. The Kier molecular flexibility index (Phi) is 4.78. The minimum atomic E-state index is -0.379. The molecule has 10 heteroatoms. The van der Waals surface area contributed by atoms with Crippen LogP contribution in [0.2, 0.25) is 0 Å². The van der Waals surface area contributed by atoms with E-state index in [0.29, 0.717) is 22.8 Å². The van der Waals surface area contributed by atoms with Crippen molar-refractivity contribution in [3.8, 4) is 5.75 Å². The minimum absolute atomic E-state index is 0.0467. The summed E-state index contributed by atoms with van der Waals surface area (Å²) in [5, 5.41) is 18.0. The number of nitrogens with one attached hydrogen (secondary N) is 2. The topological polar surface area (TPSA) is 115 Å². The highest BCUT2D eigenvalue weighted by atomic mass is 16.5. The molecule has 1 fully saturated rings. The van der Waals surface area contributed by atoms with Crippen molar-refractivity contribution in [3.63, 3.8) is 0 Å². The van der Waals surface area contributed by atoms with Crippen molar-refractivity contribution in [2.24, 2.45) is 0 Å². The van der Waals surface area contributed by atoms with Gasteiger partial charge in [0.1, 0.15) is 30.4 Å². The predicted molar refractivity (Wildman–Crippen MR) is 101 cm³/mol. The van der Waals surface area contributed by atoms with Crippen LogP contribution < -0.4 is 20.9 Å². The van der Waals surface area contributed by atoms with Gasteiger partial charge in [0, 0.05) is 31.3 Å². The number of pyridine rings is 1. The zero-order chi connectivity index (χ0) is 19.7. The van der Waals surface area contributed by atoms with Gasteiger partial charge in [0.15, 0.2) is 5.65 Å². The van der Waals surface area contributed by atoms with Crippen LogP contribution in [0.25, 0.3) is 5.65 Å². The second-order valence-electron chi connectivity index (χ2n) is 7.00. The molecule has 0 aromatic carbocycles. The first-order valence-electron chi connectivity index (χ1n) is 9.08. The molecular weight excluding hydrogens is 362 g/mol. The van der Waals surface area contributed by atoms with E-state index in [9.17, 15) is 9.59 Å². The van der Waals surface area contributed by atoms with Crippen LogP contribution in [0.5, 0.6) is 5.75 Å². The molecule has 0 unspecified atom stereocenters. The molecule has 0 saturated carbocycles. The van der Waals surface area contributed by atoms with Gasteiger partial charge >= 0.3 is 0 Å². The van der Waals surface area contributed by atoms with Crippen molar-refractivity contribution in [1.29, 1.82) is 0 Å². The molecule has 0 spiro atoms. The Hall–Kier alpha value is -3.27. The third-order valence-electron chi connectivity index (χ3n) is 4.44. The third-order valence-corrected chi connectivity index (χ3v) is 4.44. The van der Waals surface area contributed by atoms with Crippen LogP contribution in [0.1, 0.15) is 25.5 Å². The van der Waals surface area contributed by atoms with Gasteiger partial charge in [-0.25, -0.2) is 4.68 Å². The lowest BCUT2D eigenvalue weighted by molar-refractivity contribution is -0.117. The average Bonchev–Trinajstić information content (AvgIpc) is 3.07. The van der Waals surface area contributed by atoms with Crippen LogP contribution in [-0.4, -0.2) is 49.5 Å². The Bertz CT molecular complexity index is 1070. The summed E-state index contributed by atoms with van der Waals surface area (Å²) in [6, 6.07) is 4.88. The molecule has 1 saturated heterocycles. The lowest BCUT2D eigenvalue weighted by Crippen LogP contribution is -2.50. The molecule has 3 aromatic rings. The quantitative estimate of drug-likeness (QED) is 0.633. The first-order valence-corrected chi connectivity index (χ1v) is 9.08. The van der Waals surface area contributed by atoms with E-state index in [4.69, 9.17) is 4.74 Å². The van der Waals surface area contributed by atoms with Crippen molar-refractivity contribution in [3.05, 3.63) is 46.8 Å². The fourth-order valence-electron chi connectivity index (χ4n) is 2.86. The lowest BCUT2D eigenvalue weighted by atomic mass is 10.1. The van der Waals surface area contributed by atoms with Crippen LogP contribution in [0.4, 0.5) is 5.69 Å². The predicted octanol–water partition coefficient (Wildman–Crippen LogP) is 0.399. The number of ether oxygens (including phenoxy) is 1. The van der Waals surface area contributed by atoms with E-state index in [1.807, 2.05) is 13.8 Å². The van der Waals surface area contributed by atoms with Crippen LogP contribution in [0, 0.1) is 0 Å². The lowest BCUT2D eigenvalue weighted by Gasteiger charge is -2.29. The summed E-state index contributed by atoms with van der Waals surface area (Å²) in [7, 11) is 0. The molecule has 0 radical (unpaired) electrons. The normalized spacial score (nSPS) is 14.2. The highest BCUT2D eigenvalue weighted by Gasteiger charge is 2.22. The Morgan fingerprint density at radius 3 is 2.93 bits per heavy atom. The number of carbonyl (C=O) groups is 1. The third kappa shape index (κ3) is 3.72. The Labute approximate surface area is 160 Å². The number of rotatable bonds is 6. The Balaban J connectivity index is 1.51. The summed E-state index contributed by atoms with van der Waals surface area (Å²) in [5.74, 6) is 0.184. The molecule has 146 valence electrons. The number of fused-ring (bicyclic) bond motifs is 1. The molecule has 10 nitrogen and oxygen atoms in total. The smallest absolute Gasteiger partial charge is 0.270 e. The van der Waals surface area contributed by atoms with Crippen LogP contribution in [0.3, 0.4) is 0 Å². The first kappa shape index (κ1) is 18.1. The van der Waals surface area contributed by atoms with E-state index in [0.717, 1.165) is 17.8 Å². The maximum absolute atomic E-state index is 12.4. The van der Waals surface area contributed by atoms with E-state index in [-0.39, 0.29) is 30.0 Å². The summed E-state index contributed by atoms with van der Waals surface area (Å²) < 4.78 is 8.71. The number of anilines is 1. The summed E-state index contributed by atoms with van der Waals surface area (Å²) in [4.78, 5) is 24.9. The van der Waals surface area contributed by atoms with Gasteiger partial charge < -0.3 is 15.4 Å². The molecule has 0 bridgehead atoms. The highest BCUT2D eigenvalue weighted by molar-refractivity contribution is 5.90. The van der Waals surface area contributed by atoms with Crippen LogP contribution >= 0.6 is 0 Å². The monoisotopic (exact) mass is 383 g/mol. The standard InChI is InChI=1S/C18H21N7O3/c1-11(2)18-14(28-13-6-19-7-13)5-17(27)25(23-18)9-16(26)21-12-3-4-15-22-20-10-24(15)8-12/h3-5,8,10-11,13,19H,6-7,9H2,1-2H3,(H,21,26). The number of carbonyl (C=O) groups excluding carboxylic acids is 1. The molecule has 0 atom stereocenters. The number of hydrogen-bond donors (Lipinski definition) is 2. The maximum Gasteiger partial charge on any atom is 0.270 e. The summed E-state index contributed by atoms with van der Waals surface area (Å²) in [6.45, 7) is 5.25. The van der Waals surface area contributed by atoms with E-state index in [2.05, 4.69) is 25.9 Å². The SMILES string of the molecule is CC(C)c1nn(CC(=O)Nc2ccc3nncn3c2)c(=O)cc1OC1CNC1. The minimum Gasteiger partial charge on any atom is -0.486 e.